The topological polar surface area (TPSA) is 511 Å². The van der Waals surface area contributed by atoms with Crippen molar-refractivity contribution < 1.29 is 68.4 Å². The molecular weight excluding hydrogens is 1180 g/mol. The predicted molar refractivity (Wildman–Crippen MR) is 329 cm³/mol. The lowest BCUT2D eigenvalue weighted by Crippen LogP contribution is -2.61. The normalized spacial score (nSPS) is 14.1. The number of H-pyrrole nitrogens is 3. The first kappa shape index (κ1) is 69.3. The van der Waals surface area contributed by atoms with E-state index in [-0.39, 0.29) is 68.9 Å². The summed E-state index contributed by atoms with van der Waals surface area (Å²) in [5.41, 5.74) is 20.4. The Morgan fingerprint density at radius 3 is 1.55 bits per heavy atom. The van der Waals surface area contributed by atoms with Gasteiger partial charge in [0.2, 0.25) is 47.3 Å². The Balaban J connectivity index is 1.29. The van der Waals surface area contributed by atoms with E-state index in [2.05, 4.69) is 72.4 Å². The van der Waals surface area contributed by atoms with Crippen LogP contribution in [0.5, 0.6) is 11.5 Å². The highest BCUT2D eigenvalue weighted by Crippen LogP contribution is 2.21. The summed E-state index contributed by atoms with van der Waals surface area (Å²) in [5, 5.41) is 60.7. The molecule has 0 aliphatic heterocycles. The molecule has 0 saturated heterocycles. The molecule has 6 aromatic rings. The second-order valence-corrected chi connectivity index (χ2v) is 21.7. The summed E-state index contributed by atoms with van der Waals surface area (Å²) < 4.78 is 0. The third-order valence-corrected chi connectivity index (χ3v) is 14.8. The molecule has 0 saturated carbocycles. The van der Waals surface area contributed by atoms with E-state index in [9.17, 15) is 68.4 Å². The summed E-state index contributed by atoms with van der Waals surface area (Å²) in [5.74, 6) is -11.1. The lowest BCUT2D eigenvalue weighted by molar-refractivity contribution is -0.139. The van der Waals surface area contributed by atoms with E-state index in [1.807, 2.05) is 0 Å². The molecule has 3 aromatic heterocycles. The van der Waals surface area contributed by atoms with Gasteiger partial charge in [0.25, 0.3) is 0 Å². The molecule has 3 heterocycles. The predicted octanol–water partition coefficient (Wildman–Crippen LogP) is -1.58. The SMILES string of the molecule is CC[C@@H](C)[C@@H](NC(=O)[C@H](N)Cc1cnc[nH]1)C(=O)N[C@H](Cc1c[nH]c2ccccc12)C(=O)N[C@H](CCCN=C(N)N)C(=O)N[C@H](CCC(=O)O)C(=O)N[C@H](Cc1ccc(O)cc1)C(=O)N[C@H](Cc1cnc[nH]1)C(=O)N[C@H](Cc1ccc(O)cc1)C(=O)NCC(=O)O. The number of nitrogens with two attached hydrogens (primary N) is 3. The van der Waals surface area contributed by atoms with Crippen molar-refractivity contribution in [2.45, 2.75) is 126 Å². The van der Waals surface area contributed by atoms with Gasteiger partial charge in [-0.3, -0.25) is 52.9 Å². The number of amides is 8. The van der Waals surface area contributed by atoms with Crippen LogP contribution in [0.4, 0.5) is 0 Å². The molecule has 6 rings (SSSR count). The molecule has 0 fully saturated rings. The zero-order valence-corrected chi connectivity index (χ0v) is 49.9. The fraction of sp³-hybridized carbons (Fsp3) is 0.383. The van der Waals surface area contributed by atoms with Crippen LogP contribution in [0, 0.1) is 5.92 Å². The van der Waals surface area contributed by atoms with Gasteiger partial charge in [0.05, 0.1) is 18.7 Å². The Labute approximate surface area is 521 Å². The highest BCUT2D eigenvalue weighted by Gasteiger charge is 2.36. The Kier molecular flexibility index (Phi) is 25.9. The quantitative estimate of drug-likeness (QED) is 0.0120. The first-order chi connectivity index (χ1) is 43.5. The monoisotopic (exact) mass is 1260 g/mol. The van der Waals surface area contributed by atoms with Crippen LogP contribution in [-0.4, -0.2) is 172 Å². The van der Waals surface area contributed by atoms with Gasteiger partial charge in [-0.05, 0) is 72.2 Å². The van der Waals surface area contributed by atoms with Crippen LogP contribution in [0.15, 0.2) is 109 Å². The number of phenolic OH excluding ortho intramolecular Hbond substituents is 2. The number of hydrogen-bond acceptors (Lipinski definition) is 16. The number of aromatic nitrogens is 5. The number of carbonyl (C=O) groups excluding carboxylic acids is 8. The van der Waals surface area contributed by atoms with Crippen molar-refractivity contribution in [3.05, 3.63) is 132 Å². The number of rotatable bonds is 36. The fourth-order valence-electron chi connectivity index (χ4n) is 9.62. The Morgan fingerprint density at radius 1 is 0.549 bits per heavy atom. The fourth-order valence-corrected chi connectivity index (χ4v) is 9.62. The van der Waals surface area contributed by atoms with Crippen LogP contribution in [0.1, 0.15) is 74.0 Å². The molecule has 31 nitrogen and oxygen atoms in total. The number of carboxylic acids is 2. The number of nitrogens with zero attached hydrogens (tertiary/aromatic N) is 3. The zero-order valence-electron chi connectivity index (χ0n) is 49.9. The Morgan fingerprint density at radius 2 is 1.03 bits per heavy atom. The summed E-state index contributed by atoms with van der Waals surface area (Å²) in [6.45, 7) is 2.67. The van der Waals surface area contributed by atoms with Gasteiger partial charge in [-0.15, -0.1) is 0 Å². The van der Waals surface area contributed by atoms with Gasteiger partial charge in [-0.25, -0.2) is 9.97 Å². The molecule has 31 heteroatoms. The highest BCUT2D eigenvalue weighted by molar-refractivity contribution is 5.99. The summed E-state index contributed by atoms with van der Waals surface area (Å²) in [4.78, 5) is 159. The van der Waals surface area contributed by atoms with E-state index in [4.69, 9.17) is 17.2 Å². The third kappa shape index (κ3) is 22.1. The second kappa shape index (κ2) is 34.1. The average Bonchev–Trinajstić information content (AvgIpc) is 2.65. The van der Waals surface area contributed by atoms with Crippen LogP contribution < -0.4 is 59.7 Å². The number of aliphatic carboxylic acids is 2. The largest absolute Gasteiger partial charge is 0.508 e. The Bertz CT molecular complexity index is 3460. The number of para-hydroxylation sites is 1. The van der Waals surface area contributed by atoms with Crippen LogP contribution in [0.2, 0.25) is 0 Å². The number of fused-ring (bicyclic) bond motifs is 1. The molecule has 486 valence electrons. The van der Waals surface area contributed by atoms with E-state index < -0.39 is 133 Å². The number of aromatic amines is 3. The first-order valence-electron chi connectivity index (χ1n) is 29.2. The molecule has 0 aliphatic rings. The number of carboxylic acid groups (broad SMARTS) is 2. The maximum absolute atomic E-state index is 14.9. The van der Waals surface area contributed by atoms with Crippen molar-refractivity contribution in [3.63, 3.8) is 0 Å². The van der Waals surface area contributed by atoms with Gasteiger partial charge in [0, 0.05) is 86.0 Å². The van der Waals surface area contributed by atoms with Crippen LogP contribution >= 0.6 is 0 Å². The number of benzene rings is 3. The highest BCUT2D eigenvalue weighted by atomic mass is 16.4. The van der Waals surface area contributed by atoms with Gasteiger partial charge in [-0.1, -0.05) is 62.7 Å². The number of hydrogen-bond donors (Lipinski definition) is 18. The molecular formula is C60H77N17O14. The van der Waals surface area contributed by atoms with Crippen molar-refractivity contribution in [1.82, 2.24) is 67.5 Å². The lowest BCUT2D eigenvalue weighted by Gasteiger charge is -2.29. The molecule has 3 aromatic carbocycles. The van der Waals surface area contributed by atoms with Crippen molar-refractivity contribution >= 4 is 76.1 Å². The van der Waals surface area contributed by atoms with Crippen molar-refractivity contribution in [3.8, 4) is 11.5 Å². The minimum Gasteiger partial charge on any atom is -0.508 e. The Hall–Kier alpha value is -10.9. The summed E-state index contributed by atoms with van der Waals surface area (Å²) in [6, 6.07) is 6.55. The van der Waals surface area contributed by atoms with Crippen molar-refractivity contribution in [2.75, 3.05) is 13.1 Å². The van der Waals surface area contributed by atoms with Crippen LogP contribution in [0.25, 0.3) is 10.9 Å². The van der Waals surface area contributed by atoms with Gasteiger partial charge in [0.15, 0.2) is 5.96 Å². The minimum absolute atomic E-state index is 0.0371. The van der Waals surface area contributed by atoms with Crippen molar-refractivity contribution in [2.24, 2.45) is 28.1 Å². The maximum Gasteiger partial charge on any atom is 0.322 e. The van der Waals surface area contributed by atoms with E-state index in [1.54, 1.807) is 44.3 Å². The molecule has 91 heavy (non-hydrogen) atoms. The molecule has 21 N–H and O–H groups in total. The molecule has 8 amide bonds. The number of aromatic hydroxyl groups is 2. The maximum atomic E-state index is 14.9. The van der Waals surface area contributed by atoms with Crippen molar-refractivity contribution in [1.29, 1.82) is 0 Å². The van der Waals surface area contributed by atoms with E-state index in [0.717, 1.165) is 0 Å². The number of guanidine groups is 1. The standard InChI is InChI=1S/C60H77N17O14/c1-3-32(2)51(77-52(84)41(61)24-36-27-64-30-69-36)59(91)76-47(23-35-26-67-42-8-5-4-7-40(35)42)57(89)71-43(9-6-20-66-60(62)63)54(86)72-44(18-19-49(80)81)55(87)74-46(22-34-12-16-39(79)17-13-34)56(88)75-48(25-37-28-65-31-70-37)58(90)73-45(53(85)68-29-50(82)83)21-33-10-14-38(78)15-11-33/h4-5,7-8,10-17,26-28,30-32,41,43-48,51,67,78-79H,3,6,9,18-25,29,61H2,1-2H3,(H,64,69)(H,65,70)(H,68,85)(H,71,89)(H,72,86)(H,73,90)(H,74,87)(H,75,88)(H,76,91)(H,77,84)(H,80,81)(H,82,83)(H4,62,63,66)/t32-,41-,43-,44-,45-,46-,47-,48-,51-/m1/s1. The molecule has 9 atom stereocenters. The number of carbonyl (C=O) groups is 10. The summed E-state index contributed by atoms with van der Waals surface area (Å²) in [7, 11) is 0. The van der Waals surface area contributed by atoms with Crippen LogP contribution in [0.3, 0.4) is 0 Å². The van der Waals surface area contributed by atoms with E-state index >= 15 is 0 Å². The van der Waals surface area contributed by atoms with E-state index in [0.29, 0.717) is 45.4 Å². The number of nitrogens with one attached hydrogen (secondary N) is 11. The smallest absolute Gasteiger partial charge is 0.322 e. The lowest BCUT2D eigenvalue weighted by atomic mass is 9.96. The number of imidazole rings is 2. The number of aliphatic imine (C=N–C) groups is 1. The summed E-state index contributed by atoms with van der Waals surface area (Å²) in [6.07, 6.45) is 5.23. The van der Waals surface area contributed by atoms with Gasteiger partial charge in [-0.2, -0.15) is 0 Å². The molecule has 0 bridgehead atoms. The summed E-state index contributed by atoms with van der Waals surface area (Å²) >= 11 is 0. The van der Waals surface area contributed by atoms with Crippen LogP contribution in [-0.2, 0) is 80.0 Å². The zero-order chi connectivity index (χ0) is 66.1. The number of phenols is 2. The molecule has 0 radical (unpaired) electrons. The molecule has 0 spiro atoms. The minimum atomic E-state index is -1.76. The second-order valence-electron chi connectivity index (χ2n) is 21.7. The van der Waals surface area contributed by atoms with Gasteiger partial charge >= 0.3 is 11.9 Å². The van der Waals surface area contributed by atoms with Gasteiger partial charge < -0.3 is 95.1 Å². The van der Waals surface area contributed by atoms with E-state index in [1.165, 1.54) is 73.6 Å². The average molecular weight is 1260 g/mol. The third-order valence-electron chi connectivity index (χ3n) is 14.8. The molecule has 0 aliphatic carbocycles. The molecule has 0 unspecified atom stereocenters. The first-order valence-corrected chi connectivity index (χ1v) is 29.2. The van der Waals surface area contributed by atoms with Gasteiger partial charge in [0.1, 0.15) is 60.3 Å².